The highest BCUT2D eigenvalue weighted by atomic mass is 32.1. The minimum Gasteiger partial charge on any atom is -0.321 e. The van der Waals surface area contributed by atoms with Gasteiger partial charge in [0.25, 0.3) is 5.91 Å². The molecule has 4 aromatic rings. The van der Waals surface area contributed by atoms with Crippen LogP contribution in [0.1, 0.15) is 15.2 Å². The van der Waals surface area contributed by atoms with Crippen LogP contribution in [-0.2, 0) is 0 Å². The van der Waals surface area contributed by atoms with Gasteiger partial charge in [0.2, 0.25) is 4.96 Å². The highest BCUT2D eigenvalue weighted by molar-refractivity contribution is 7.18. The number of thiazole rings is 1. The zero-order valence-corrected chi connectivity index (χ0v) is 14.7. The van der Waals surface area contributed by atoms with Crippen molar-refractivity contribution in [3.63, 3.8) is 0 Å². The van der Waals surface area contributed by atoms with Crippen molar-refractivity contribution >= 4 is 27.9 Å². The Morgan fingerprint density at radius 2 is 1.81 bits per heavy atom. The molecule has 0 saturated carbocycles. The lowest BCUT2D eigenvalue weighted by Crippen LogP contribution is -2.14. The second-order valence-electron chi connectivity index (χ2n) is 5.77. The number of hydrogen-bond acceptors (Lipinski definition) is 5. The molecule has 7 heteroatoms. The fourth-order valence-corrected chi connectivity index (χ4v) is 3.29. The van der Waals surface area contributed by atoms with Crippen molar-refractivity contribution in [3.05, 3.63) is 81.6 Å². The number of fused-ring (bicyclic) bond motifs is 1. The average molecular weight is 362 g/mol. The van der Waals surface area contributed by atoms with E-state index in [2.05, 4.69) is 15.4 Å². The Kier molecular flexibility index (Phi) is 4.06. The van der Waals surface area contributed by atoms with Gasteiger partial charge in [0.05, 0.1) is 6.20 Å². The Balaban J connectivity index is 1.68. The summed E-state index contributed by atoms with van der Waals surface area (Å²) in [6.45, 7) is 1.98. The molecule has 0 spiro atoms. The average Bonchev–Trinajstić information content (AvgIpc) is 3.06. The van der Waals surface area contributed by atoms with E-state index in [9.17, 15) is 9.59 Å². The largest absolute Gasteiger partial charge is 0.321 e. The molecule has 1 amide bonds. The molecule has 0 saturated heterocycles. The summed E-state index contributed by atoms with van der Waals surface area (Å²) in [6.07, 6.45) is 1.59. The van der Waals surface area contributed by atoms with E-state index < -0.39 is 5.56 Å². The fraction of sp³-hybridized carbons (Fsp3) is 0.0526. The van der Waals surface area contributed by atoms with E-state index in [1.54, 1.807) is 18.3 Å². The van der Waals surface area contributed by atoms with E-state index in [1.165, 1.54) is 4.52 Å². The van der Waals surface area contributed by atoms with Crippen LogP contribution in [0.3, 0.4) is 0 Å². The zero-order valence-electron chi connectivity index (χ0n) is 13.8. The first-order chi connectivity index (χ1) is 12.6. The standard InChI is InChI=1S/C19H14N4O2S/c1-12-7-9-14(10-8-12)20-17(24)15-11-23-19(26-15)21-18(25)16(22-23)13-5-3-2-4-6-13/h2-11H,1H3,(H,20,24). The third kappa shape index (κ3) is 3.12. The number of carbonyl (C=O) groups is 1. The third-order valence-corrected chi connectivity index (χ3v) is 4.80. The van der Waals surface area contributed by atoms with E-state index in [0.717, 1.165) is 16.9 Å². The maximum atomic E-state index is 12.5. The van der Waals surface area contributed by atoms with Crippen molar-refractivity contribution in [1.29, 1.82) is 0 Å². The smallest absolute Gasteiger partial charge is 0.300 e. The summed E-state index contributed by atoms with van der Waals surface area (Å²) in [4.78, 5) is 29.6. The van der Waals surface area contributed by atoms with Gasteiger partial charge in [0.1, 0.15) is 4.88 Å². The van der Waals surface area contributed by atoms with Gasteiger partial charge in [0, 0.05) is 11.3 Å². The number of nitrogens with zero attached hydrogens (tertiary/aromatic N) is 3. The second-order valence-corrected chi connectivity index (χ2v) is 6.78. The molecule has 0 aliphatic carbocycles. The Bertz CT molecular complexity index is 1150. The van der Waals surface area contributed by atoms with Crippen molar-refractivity contribution in [3.8, 4) is 11.3 Å². The van der Waals surface area contributed by atoms with Gasteiger partial charge in [-0.3, -0.25) is 9.59 Å². The molecule has 0 atom stereocenters. The number of amides is 1. The molecule has 2 heterocycles. The molecular formula is C19H14N4O2S. The Hall–Kier alpha value is -3.32. The lowest BCUT2D eigenvalue weighted by Gasteiger charge is -2.02. The molecule has 0 aliphatic heterocycles. The van der Waals surface area contributed by atoms with Crippen LogP contribution >= 0.6 is 11.3 Å². The molecule has 2 aromatic heterocycles. The highest BCUT2D eigenvalue weighted by Gasteiger charge is 2.15. The third-order valence-electron chi connectivity index (χ3n) is 3.82. The summed E-state index contributed by atoms with van der Waals surface area (Å²) < 4.78 is 1.47. The van der Waals surface area contributed by atoms with Gasteiger partial charge in [-0.15, -0.1) is 0 Å². The molecule has 0 bridgehead atoms. The molecule has 26 heavy (non-hydrogen) atoms. The lowest BCUT2D eigenvalue weighted by molar-refractivity contribution is 0.103. The van der Waals surface area contributed by atoms with Crippen LogP contribution < -0.4 is 10.9 Å². The molecular weight excluding hydrogens is 348 g/mol. The SMILES string of the molecule is Cc1ccc(NC(=O)c2cn3nc(-c4ccccc4)c(=O)nc3s2)cc1. The van der Waals surface area contributed by atoms with Crippen LogP contribution in [0.25, 0.3) is 16.2 Å². The number of aryl methyl sites for hydroxylation is 1. The van der Waals surface area contributed by atoms with E-state index in [1.807, 2.05) is 49.4 Å². The fourth-order valence-electron chi connectivity index (χ4n) is 2.49. The zero-order chi connectivity index (χ0) is 18.1. The summed E-state index contributed by atoms with van der Waals surface area (Å²) in [6, 6.07) is 16.7. The molecule has 4 rings (SSSR count). The van der Waals surface area contributed by atoms with Crippen LogP contribution in [0.5, 0.6) is 0 Å². The molecule has 128 valence electrons. The van der Waals surface area contributed by atoms with Crippen molar-refractivity contribution in [2.75, 3.05) is 5.32 Å². The molecule has 6 nitrogen and oxygen atoms in total. The topological polar surface area (TPSA) is 76.4 Å². The molecule has 0 unspecified atom stereocenters. The first-order valence-corrected chi connectivity index (χ1v) is 8.76. The van der Waals surface area contributed by atoms with Crippen LogP contribution in [0, 0.1) is 6.92 Å². The predicted octanol–water partition coefficient (Wildman–Crippen LogP) is 3.38. The molecule has 0 radical (unpaired) electrons. The van der Waals surface area contributed by atoms with Crippen LogP contribution in [0.15, 0.2) is 65.6 Å². The van der Waals surface area contributed by atoms with Gasteiger partial charge in [0.15, 0.2) is 5.69 Å². The lowest BCUT2D eigenvalue weighted by atomic mass is 10.2. The number of rotatable bonds is 3. The normalized spacial score (nSPS) is 10.8. The van der Waals surface area contributed by atoms with E-state index in [4.69, 9.17) is 0 Å². The van der Waals surface area contributed by atoms with Gasteiger partial charge in [-0.25, -0.2) is 4.52 Å². The number of anilines is 1. The predicted molar refractivity (Wildman–Crippen MR) is 102 cm³/mol. The van der Waals surface area contributed by atoms with Crippen molar-refractivity contribution in [2.24, 2.45) is 0 Å². The first kappa shape index (κ1) is 16.2. The van der Waals surface area contributed by atoms with Crippen molar-refractivity contribution in [1.82, 2.24) is 14.6 Å². The van der Waals surface area contributed by atoms with Crippen molar-refractivity contribution < 1.29 is 4.79 Å². The van der Waals surface area contributed by atoms with Gasteiger partial charge >= 0.3 is 5.56 Å². The summed E-state index contributed by atoms with van der Waals surface area (Å²) >= 11 is 1.12. The quantitative estimate of drug-likeness (QED) is 0.606. The van der Waals surface area contributed by atoms with Gasteiger partial charge in [-0.2, -0.15) is 10.1 Å². The monoisotopic (exact) mass is 362 g/mol. The number of aromatic nitrogens is 3. The molecule has 2 aromatic carbocycles. The van der Waals surface area contributed by atoms with Gasteiger partial charge in [-0.05, 0) is 19.1 Å². The minimum atomic E-state index is -0.413. The maximum absolute atomic E-state index is 12.5. The number of hydrogen-bond donors (Lipinski definition) is 1. The van der Waals surface area contributed by atoms with Crippen LogP contribution in [-0.4, -0.2) is 20.5 Å². The van der Waals surface area contributed by atoms with Crippen LogP contribution in [0.4, 0.5) is 5.69 Å². The minimum absolute atomic E-state index is 0.256. The first-order valence-electron chi connectivity index (χ1n) is 7.94. The number of benzene rings is 2. The van der Waals surface area contributed by atoms with E-state index in [0.29, 0.717) is 21.1 Å². The Labute approximate surface area is 152 Å². The van der Waals surface area contributed by atoms with E-state index in [-0.39, 0.29) is 11.6 Å². The summed E-state index contributed by atoms with van der Waals surface area (Å²) in [5.74, 6) is -0.264. The van der Waals surface area contributed by atoms with Gasteiger partial charge < -0.3 is 5.32 Å². The number of carbonyl (C=O) groups excluding carboxylic acids is 1. The molecule has 0 fully saturated rings. The van der Waals surface area contributed by atoms with Crippen molar-refractivity contribution in [2.45, 2.75) is 6.92 Å². The van der Waals surface area contributed by atoms with Gasteiger partial charge in [-0.1, -0.05) is 59.4 Å². The maximum Gasteiger partial charge on any atom is 0.300 e. The summed E-state index contributed by atoms with van der Waals surface area (Å²) in [5, 5.41) is 7.17. The summed E-state index contributed by atoms with van der Waals surface area (Å²) in [7, 11) is 0. The van der Waals surface area contributed by atoms with E-state index >= 15 is 0 Å². The molecule has 0 aliphatic rings. The Morgan fingerprint density at radius 3 is 2.54 bits per heavy atom. The highest BCUT2D eigenvalue weighted by Crippen LogP contribution is 2.19. The molecule has 1 N–H and O–H groups in total. The Morgan fingerprint density at radius 1 is 1.08 bits per heavy atom. The summed E-state index contributed by atoms with van der Waals surface area (Å²) in [5.41, 5.74) is 2.36. The van der Waals surface area contributed by atoms with Crippen LogP contribution in [0.2, 0.25) is 0 Å². The number of nitrogens with one attached hydrogen (secondary N) is 1. The second kappa shape index (κ2) is 6.53.